The summed E-state index contributed by atoms with van der Waals surface area (Å²) in [6.45, 7) is 2.23. The van der Waals surface area contributed by atoms with Crippen LogP contribution in [0.4, 0.5) is 0 Å². The highest BCUT2D eigenvalue weighted by molar-refractivity contribution is 6.30. The molecule has 1 aliphatic rings. The topological polar surface area (TPSA) is 58.6 Å². The Bertz CT molecular complexity index is 1160. The summed E-state index contributed by atoms with van der Waals surface area (Å²) >= 11 is 6.11. The molecular formula is C32H37ClN2O3. The molecule has 2 amide bonds. The SMILES string of the molecule is CCc1ccc(OCC(=O)N(Cc2ccc(Cl)cc2)[C@@H](Cc2ccccc2)C(=O)NC2CCCCC2)cc1. The Morgan fingerprint density at radius 2 is 1.55 bits per heavy atom. The second kappa shape index (κ2) is 14.0. The van der Waals surface area contributed by atoms with Crippen molar-refractivity contribution < 1.29 is 14.3 Å². The minimum Gasteiger partial charge on any atom is -0.484 e. The zero-order valence-electron chi connectivity index (χ0n) is 22.1. The van der Waals surface area contributed by atoms with Gasteiger partial charge in [-0.2, -0.15) is 0 Å². The van der Waals surface area contributed by atoms with Gasteiger partial charge in [-0.05, 0) is 60.2 Å². The highest BCUT2D eigenvalue weighted by Crippen LogP contribution is 2.21. The Hall–Kier alpha value is -3.31. The fourth-order valence-electron chi connectivity index (χ4n) is 4.93. The summed E-state index contributed by atoms with van der Waals surface area (Å²) in [5, 5.41) is 3.89. The second-order valence-electron chi connectivity index (χ2n) is 9.98. The van der Waals surface area contributed by atoms with Gasteiger partial charge >= 0.3 is 0 Å². The van der Waals surface area contributed by atoms with E-state index < -0.39 is 6.04 Å². The van der Waals surface area contributed by atoms with Crippen molar-refractivity contribution in [2.24, 2.45) is 0 Å². The third kappa shape index (κ3) is 8.09. The first-order valence-corrected chi connectivity index (χ1v) is 14.0. The normalized spacial score (nSPS) is 14.5. The Balaban J connectivity index is 1.58. The van der Waals surface area contributed by atoms with Crippen LogP contribution < -0.4 is 10.1 Å². The third-order valence-corrected chi connectivity index (χ3v) is 7.43. The van der Waals surface area contributed by atoms with Gasteiger partial charge in [0.1, 0.15) is 11.8 Å². The molecule has 0 spiro atoms. The predicted molar refractivity (Wildman–Crippen MR) is 152 cm³/mol. The predicted octanol–water partition coefficient (Wildman–Crippen LogP) is 6.37. The molecule has 0 aliphatic heterocycles. The summed E-state index contributed by atoms with van der Waals surface area (Å²) < 4.78 is 5.89. The van der Waals surface area contributed by atoms with Gasteiger partial charge in [0, 0.05) is 24.0 Å². The van der Waals surface area contributed by atoms with Crippen molar-refractivity contribution in [2.45, 2.75) is 70.5 Å². The van der Waals surface area contributed by atoms with E-state index in [1.165, 1.54) is 12.0 Å². The number of carbonyl (C=O) groups is 2. The van der Waals surface area contributed by atoms with E-state index >= 15 is 0 Å². The van der Waals surface area contributed by atoms with Crippen LogP contribution in [-0.4, -0.2) is 35.4 Å². The van der Waals surface area contributed by atoms with Crippen molar-refractivity contribution in [3.8, 4) is 5.75 Å². The maximum absolute atomic E-state index is 13.8. The maximum Gasteiger partial charge on any atom is 0.261 e. The van der Waals surface area contributed by atoms with E-state index in [1.54, 1.807) is 17.0 Å². The largest absolute Gasteiger partial charge is 0.484 e. The van der Waals surface area contributed by atoms with E-state index in [9.17, 15) is 9.59 Å². The molecule has 3 aromatic carbocycles. The molecule has 1 aliphatic carbocycles. The number of benzene rings is 3. The lowest BCUT2D eigenvalue weighted by Crippen LogP contribution is -2.53. The zero-order valence-corrected chi connectivity index (χ0v) is 22.8. The lowest BCUT2D eigenvalue weighted by Gasteiger charge is -2.33. The Morgan fingerprint density at radius 3 is 2.21 bits per heavy atom. The molecule has 0 saturated heterocycles. The highest BCUT2D eigenvalue weighted by atomic mass is 35.5. The number of nitrogens with zero attached hydrogens (tertiary/aromatic N) is 1. The van der Waals surface area contributed by atoms with Crippen LogP contribution in [0.2, 0.25) is 5.02 Å². The third-order valence-electron chi connectivity index (χ3n) is 7.18. The van der Waals surface area contributed by atoms with Crippen LogP contribution in [0.3, 0.4) is 0 Å². The fourth-order valence-corrected chi connectivity index (χ4v) is 5.06. The molecule has 38 heavy (non-hydrogen) atoms. The standard InChI is InChI=1S/C32H37ClN2O3/c1-2-24-15-19-29(20-16-24)38-23-31(36)35(22-26-13-17-27(33)18-14-26)30(21-25-9-5-3-6-10-25)32(37)34-28-11-7-4-8-12-28/h3,5-6,9-10,13-20,28,30H,2,4,7-8,11-12,21-23H2,1H3,(H,34,37)/t30-/m0/s1. The van der Waals surface area contributed by atoms with Crippen molar-refractivity contribution >= 4 is 23.4 Å². The van der Waals surface area contributed by atoms with Crippen molar-refractivity contribution in [1.82, 2.24) is 10.2 Å². The summed E-state index contributed by atoms with van der Waals surface area (Å²) in [5.74, 6) is 0.280. The van der Waals surface area contributed by atoms with Crippen LogP contribution in [-0.2, 0) is 29.0 Å². The minimum absolute atomic E-state index is 0.115. The molecule has 0 unspecified atom stereocenters. The summed E-state index contributed by atoms with van der Waals surface area (Å²) in [6, 6.07) is 24.5. The van der Waals surface area contributed by atoms with Crippen molar-refractivity contribution in [1.29, 1.82) is 0 Å². The molecular weight excluding hydrogens is 496 g/mol. The zero-order chi connectivity index (χ0) is 26.7. The van der Waals surface area contributed by atoms with Crippen molar-refractivity contribution in [3.63, 3.8) is 0 Å². The second-order valence-corrected chi connectivity index (χ2v) is 10.4. The van der Waals surface area contributed by atoms with Crippen LogP contribution in [0.25, 0.3) is 0 Å². The number of amides is 2. The molecule has 4 rings (SSSR count). The van der Waals surface area contributed by atoms with E-state index in [-0.39, 0.29) is 31.0 Å². The van der Waals surface area contributed by atoms with Gasteiger partial charge < -0.3 is 15.0 Å². The molecule has 6 heteroatoms. The van der Waals surface area contributed by atoms with Crippen LogP contribution in [0.1, 0.15) is 55.7 Å². The summed E-state index contributed by atoms with van der Waals surface area (Å²) in [4.78, 5) is 29.2. The van der Waals surface area contributed by atoms with Gasteiger partial charge in [0.2, 0.25) is 5.91 Å². The lowest BCUT2D eigenvalue weighted by atomic mass is 9.94. The molecule has 0 heterocycles. The van der Waals surface area contributed by atoms with E-state index in [2.05, 4.69) is 12.2 Å². The number of nitrogens with one attached hydrogen (secondary N) is 1. The van der Waals surface area contributed by atoms with E-state index in [1.807, 2.05) is 66.7 Å². The van der Waals surface area contributed by atoms with Crippen molar-refractivity contribution in [3.05, 3.63) is 101 Å². The molecule has 0 bridgehead atoms. The van der Waals surface area contributed by atoms with Gasteiger partial charge in [-0.15, -0.1) is 0 Å². The molecule has 3 aromatic rings. The van der Waals surface area contributed by atoms with Crippen LogP contribution >= 0.6 is 11.6 Å². The Morgan fingerprint density at radius 1 is 0.895 bits per heavy atom. The number of hydrogen-bond acceptors (Lipinski definition) is 3. The van der Waals surface area contributed by atoms with Crippen LogP contribution in [0, 0.1) is 0 Å². The van der Waals surface area contributed by atoms with Crippen LogP contribution in [0.15, 0.2) is 78.9 Å². The van der Waals surface area contributed by atoms with E-state index in [4.69, 9.17) is 16.3 Å². The molecule has 200 valence electrons. The Labute approximate surface area is 231 Å². The maximum atomic E-state index is 13.8. The first kappa shape index (κ1) is 27.7. The first-order valence-electron chi connectivity index (χ1n) is 13.6. The molecule has 1 atom stereocenters. The summed E-state index contributed by atoms with van der Waals surface area (Å²) in [6.07, 6.45) is 6.75. The fraction of sp³-hybridized carbons (Fsp3) is 0.375. The summed E-state index contributed by atoms with van der Waals surface area (Å²) in [5.41, 5.74) is 3.11. The van der Waals surface area contributed by atoms with E-state index in [0.717, 1.165) is 43.2 Å². The molecule has 1 fully saturated rings. The van der Waals surface area contributed by atoms with Crippen molar-refractivity contribution in [2.75, 3.05) is 6.61 Å². The highest BCUT2D eigenvalue weighted by Gasteiger charge is 2.32. The van der Waals surface area contributed by atoms with Gasteiger partial charge in [-0.25, -0.2) is 0 Å². The summed E-state index contributed by atoms with van der Waals surface area (Å²) in [7, 11) is 0. The number of hydrogen-bond donors (Lipinski definition) is 1. The van der Waals surface area contributed by atoms with Gasteiger partial charge in [-0.3, -0.25) is 9.59 Å². The van der Waals surface area contributed by atoms with Gasteiger partial charge in [0.05, 0.1) is 0 Å². The number of aryl methyl sites for hydroxylation is 1. The van der Waals surface area contributed by atoms with Gasteiger partial charge in [-0.1, -0.05) is 92.4 Å². The lowest BCUT2D eigenvalue weighted by molar-refractivity contribution is -0.143. The van der Waals surface area contributed by atoms with Gasteiger partial charge in [0.15, 0.2) is 6.61 Å². The van der Waals surface area contributed by atoms with Crippen LogP contribution in [0.5, 0.6) is 5.75 Å². The number of halogens is 1. The smallest absolute Gasteiger partial charge is 0.261 e. The number of rotatable bonds is 11. The Kier molecular flexibility index (Phi) is 10.2. The van der Waals surface area contributed by atoms with Gasteiger partial charge in [0.25, 0.3) is 5.91 Å². The molecule has 0 radical (unpaired) electrons. The molecule has 1 saturated carbocycles. The minimum atomic E-state index is -0.673. The monoisotopic (exact) mass is 532 g/mol. The number of carbonyl (C=O) groups excluding carboxylic acids is 2. The molecule has 1 N–H and O–H groups in total. The quantitative estimate of drug-likeness (QED) is 0.312. The average Bonchev–Trinajstić information content (AvgIpc) is 2.96. The first-order chi connectivity index (χ1) is 18.5. The molecule has 0 aromatic heterocycles. The average molecular weight is 533 g/mol. The molecule has 5 nitrogen and oxygen atoms in total. The van der Waals surface area contributed by atoms with E-state index in [0.29, 0.717) is 17.2 Å². The number of ether oxygens (including phenoxy) is 1.